The van der Waals surface area contributed by atoms with E-state index in [0.29, 0.717) is 22.0 Å². The van der Waals surface area contributed by atoms with Crippen molar-refractivity contribution in [2.24, 2.45) is 0 Å². The third-order valence-electron chi connectivity index (χ3n) is 3.45. The second-order valence-corrected chi connectivity index (χ2v) is 7.15. The van der Waals surface area contributed by atoms with Gasteiger partial charge < -0.3 is 4.74 Å². The van der Waals surface area contributed by atoms with Gasteiger partial charge >= 0.3 is 0 Å². The van der Waals surface area contributed by atoms with Crippen LogP contribution in [0, 0.1) is 6.92 Å². The van der Waals surface area contributed by atoms with Crippen LogP contribution in [0.2, 0.25) is 5.02 Å². The van der Waals surface area contributed by atoms with Crippen molar-refractivity contribution in [3.05, 3.63) is 65.7 Å². The Kier molecular flexibility index (Phi) is 5.34. The summed E-state index contributed by atoms with van der Waals surface area (Å²) in [5, 5.41) is 0.515. The molecule has 2 rings (SSSR count). The van der Waals surface area contributed by atoms with Gasteiger partial charge in [0.1, 0.15) is 5.75 Å². The minimum Gasteiger partial charge on any atom is -0.497 e. The number of methoxy groups -OCH3 is 1. The van der Waals surface area contributed by atoms with Crippen molar-refractivity contribution < 1.29 is 13.2 Å². The van der Waals surface area contributed by atoms with Gasteiger partial charge in [0.25, 0.3) is 10.0 Å². The number of halogens is 1. The standard InChI is InChI=1S/C17H18ClNO3S/c1-4-12-19(17-7-5-6-16(18)13(17)2)23(20,21)15-10-8-14(22-3)9-11-15/h4-11H,1,12H2,2-3H3. The molecule has 2 aromatic carbocycles. The van der Waals surface area contributed by atoms with Crippen molar-refractivity contribution in [1.82, 2.24) is 0 Å². The Hall–Kier alpha value is -1.98. The number of rotatable bonds is 6. The highest BCUT2D eigenvalue weighted by molar-refractivity contribution is 7.92. The molecule has 0 aliphatic carbocycles. The first kappa shape index (κ1) is 17.4. The number of anilines is 1. The van der Waals surface area contributed by atoms with Gasteiger partial charge in [-0.1, -0.05) is 23.7 Å². The summed E-state index contributed by atoms with van der Waals surface area (Å²) in [4.78, 5) is 0.180. The lowest BCUT2D eigenvalue weighted by Gasteiger charge is -2.25. The minimum absolute atomic E-state index is 0.148. The topological polar surface area (TPSA) is 46.6 Å². The number of sulfonamides is 1. The highest BCUT2D eigenvalue weighted by atomic mass is 35.5. The number of hydrogen-bond acceptors (Lipinski definition) is 3. The summed E-state index contributed by atoms with van der Waals surface area (Å²) in [5.41, 5.74) is 1.24. The average molecular weight is 352 g/mol. The Balaban J connectivity index is 2.54. The van der Waals surface area contributed by atoms with Crippen molar-refractivity contribution in [3.8, 4) is 5.75 Å². The van der Waals surface area contributed by atoms with Crippen LogP contribution in [0.5, 0.6) is 5.75 Å². The van der Waals surface area contributed by atoms with Crippen molar-refractivity contribution in [2.75, 3.05) is 18.0 Å². The smallest absolute Gasteiger partial charge is 0.264 e. The number of hydrogen-bond donors (Lipinski definition) is 0. The summed E-state index contributed by atoms with van der Waals surface area (Å²) >= 11 is 6.13. The van der Waals surface area contributed by atoms with Gasteiger partial charge in [-0.15, -0.1) is 6.58 Å². The molecule has 4 nitrogen and oxygen atoms in total. The fourth-order valence-corrected chi connectivity index (χ4v) is 3.85. The van der Waals surface area contributed by atoms with Gasteiger partial charge in [0, 0.05) is 5.02 Å². The molecule has 0 unspecified atom stereocenters. The molecule has 0 atom stereocenters. The van der Waals surface area contributed by atoms with Crippen LogP contribution in [-0.2, 0) is 10.0 Å². The summed E-state index contributed by atoms with van der Waals surface area (Å²) in [6.07, 6.45) is 1.54. The quantitative estimate of drug-likeness (QED) is 0.738. The van der Waals surface area contributed by atoms with E-state index < -0.39 is 10.0 Å². The van der Waals surface area contributed by atoms with Gasteiger partial charge in [-0.2, -0.15) is 0 Å². The van der Waals surface area contributed by atoms with Gasteiger partial charge in [-0.25, -0.2) is 8.42 Å². The van der Waals surface area contributed by atoms with Crippen LogP contribution in [0.1, 0.15) is 5.56 Å². The van der Waals surface area contributed by atoms with Crippen LogP contribution in [0.3, 0.4) is 0 Å². The van der Waals surface area contributed by atoms with Crippen LogP contribution in [0.15, 0.2) is 60.0 Å². The maximum atomic E-state index is 13.0. The van der Waals surface area contributed by atoms with E-state index in [1.54, 1.807) is 43.3 Å². The summed E-state index contributed by atoms with van der Waals surface area (Å²) in [7, 11) is -2.20. The third-order valence-corrected chi connectivity index (χ3v) is 5.65. The molecule has 0 aliphatic heterocycles. The maximum absolute atomic E-state index is 13.0. The molecule has 0 amide bonds. The monoisotopic (exact) mass is 351 g/mol. The first-order valence-electron chi connectivity index (χ1n) is 6.94. The SMILES string of the molecule is C=CCN(c1cccc(Cl)c1C)S(=O)(=O)c1ccc(OC)cc1. The van der Waals surface area contributed by atoms with Crippen LogP contribution in [0.4, 0.5) is 5.69 Å². The van der Waals surface area contributed by atoms with Crippen molar-refractivity contribution in [3.63, 3.8) is 0 Å². The molecule has 122 valence electrons. The molecule has 0 aromatic heterocycles. The number of ether oxygens (including phenoxy) is 1. The normalized spacial score (nSPS) is 11.1. The van der Waals surface area contributed by atoms with E-state index in [4.69, 9.17) is 16.3 Å². The van der Waals surface area contributed by atoms with Gasteiger partial charge in [-0.3, -0.25) is 4.31 Å². The van der Waals surface area contributed by atoms with Crippen LogP contribution >= 0.6 is 11.6 Å². The maximum Gasteiger partial charge on any atom is 0.264 e. The Morgan fingerprint density at radius 3 is 2.43 bits per heavy atom. The highest BCUT2D eigenvalue weighted by Crippen LogP contribution is 2.31. The van der Waals surface area contributed by atoms with E-state index in [0.717, 1.165) is 0 Å². The molecule has 0 fully saturated rings. The fourth-order valence-electron chi connectivity index (χ4n) is 2.18. The Morgan fingerprint density at radius 1 is 1.22 bits per heavy atom. The fraction of sp³-hybridized carbons (Fsp3) is 0.176. The second-order valence-electron chi connectivity index (χ2n) is 4.88. The molecule has 0 saturated carbocycles. The van der Waals surface area contributed by atoms with Gasteiger partial charge in [0.2, 0.25) is 0 Å². The molecule has 0 bridgehead atoms. The molecular weight excluding hydrogens is 334 g/mol. The molecule has 23 heavy (non-hydrogen) atoms. The van der Waals surface area contributed by atoms with E-state index in [2.05, 4.69) is 6.58 Å². The predicted molar refractivity (Wildman–Crippen MR) is 93.9 cm³/mol. The van der Waals surface area contributed by atoms with Crippen molar-refractivity contribution >= 4 is 27.3 Å². The Labute approximate surface area is 142 Å². The zero-order chi connectivity index (χ0) is 17.0. The van der Waals surface area contributed by atoms with Crippen LogP contribution < -0.4 is 9.04 Å². The Morgan fingerprint density at radius 2 is 1.87 bits per heavy atom. The van der Waals surface area contributed by atoms with E-state index in [-0.39, 0.29) is 11.4 Å². The van der Waals surface area contributed by atoms with Gasteiger partial charge in [-0.05, 0) is 48.9 Å². The summed E-state index contributed by atoms with van der Waals surface area (Å²) in [5.74, 6) is 0.596. The molecule has 0 saturated heterocycles. The third kappa shape index (κ3) is 3.51. The van der Waals surface area contributed by atoms with Crippen molar-refractivity contribution in [2.45, 2.75) is 11.8 Å². The first-order valence-corrected chi connectivity index (χ1v) is 8.76. The summed E-state index contributed by atoms with van der Waals surface area (Å²) in [6.45, 7) is 5.59. The van der Waals surface area contributed by atoms with E-state index >= 15 is 0 Å². The molecule has 0 spiro atoms. The lowest BCUT2D eigenvalue weighted by atomic mass is 10.2. The van der Waals surface area contributed by atoms with Crippen LogP contribution in [0.25, 0.3) is 0 Å². The lowest BCUT2D eigenvalue weighted by Crippen LogP contribution is -2.31. The van der Waals surface area contributed by atoms with Crippen molar-refractivity contribution in [1.29, 1.82) is 0 Å². The molecule has 6 heteroatoms. The second kappa shape index (κ2) is 7.06. The molecule has 0 aliphatic rings. The van der Waals surface area contributed by atoms with E-state index in [1.165, 1.54) is 23.5 Å². The Bertz CT molecular complexity index is 801. The average Bonchev–Trinajstić information content (AvgIpc) is 2.55. The van der Waals surface area contributed by atoms with E-state index in [9.17, 15) is 8.42 Å². The summed E-state index contributed by atoms with van der Waals surface area (Å²) < 4.78 is 32.3. The summed E-state index contributed by atoms with van der Waals surface area (Å²) in [6, 6.07) is 11.4. The number of nitrogens with zero attached hydrogens (tertiary/aromatic N) is 1. The molecule has 2 aromatic rings. The number of benzene rings is 2. The molecule has 0 radical (unpaired) electrons. The first-order chi connectivity index (χ1) is 10.9. The van der Waals surface area contributed by atoms with Gasteiger partial charge in [0.15, 0.2) is 0 Å². The molecule has 0 heterocycles. The largest absolute Gasteiger partial charge is 0.497 e. The van der Waals surface area contributed by atoms with E-state index in [1.807, 2.05) is 0 Å². The van der Waals surface area contributed by atoms with Gasteiger partial charge in [0.05, 0.1) is 24.2 Å². The predicted octanol–water partition coefficient (Wildman–Crippen LogP) is 4.04. The molecular formula is C17H18ClNO3S. The zero-order valence-corrected chi connectivity index (χ0v) is 14.6. The van der Waals surface area contributed by atoms with Crippen LogP contribution in [-0.4, -0.2) is 22.1 Å². The highest BCUT2D eigenvalue weighted by Gasteiger charge is 2.25. The lowest BCUT2D eigenvalue weighted by molar-refractivity contribution is 0.414. The molecule has 0 N–H and O–H groups in total. The minimum atomic E-state index is -3.73. The zero-order valence-electron chi connectivity index (χ0n) is 13.0.